The van der Waals surface area contributed by atoms with Crippen LogP contribution in [0.25, 0.3) is 0 Å². The highest BCUT2D eigenvalue weighted by atomic mass is 16.6. The minimum absolute atomic E-state index is 0.124. The first-order valence-electron chi connectivity index (χ1n) is 5.88. The lowest BCUT2D eigenvalue weighted by Gasteiger charge is -2.34. The number of rotatable bonds is 3. The van der Waals surface area contributed by atoms with Crippen molar-refractivity contribution in [3.8, 4) is 0 Å². The van der Waals surface area contributed by atoms with Gasteiger partial charge in [0.2, 0.25) is 0 Å². The molecular formula is C12H20O5. The molecule has 0 aliphatic carbocycles. The number of hydrogen-bond donors (Lipinski definition) is 0. The van der Waals surface area contributed by atoms with Crippen molar-refractivity contribution in [3.05, 3.63) is 0 Å². The van der Waals surface area contributed by atoms with E-state index in [1.54, 1.807) is 0 Å². The minimum Gasteiger partial charge on any atom is -0.463 e. The van der Waals surface area contributed by atoms with Gasteiger partial charge in [0.15, 0.2) is 0 Å². The Hall–Kier alpha value is -1.10. The van der Waals surface area contributed by atoms with Crippen molar-refractivity contribution in [1.29, 1.82) is 0 Å². The fourth-order valence-electron chi connectivity index (χ4n) is 2.00. The Morgan fingerprint density at radius 2 is 2.00 bits per heavy atom. The standard InChI is InChI=1S/C12H20O5/c1-9(13)16-8-11-12(3,17-10(2)14)6-4-5-7-15-11/h11H,4-8H2,1-3H3/t11-,12+/m0/s1. The normalized spacial score (nSPS) is 29.2. The van der Waals surface area contributed by atoms with E-state index in [1.165, 1.54) is 13.8 Å². The number of carbonyl (C=O) groups is 2. The highest BCUT2D eigenvalue weighted by Crippen LogP contribution is 2.29. The quantitative estimate of drug-likeness (QED) is 0.703. The van der Waals surface area contributed by atoms with Gasteiger partial charge >= 0.3 is 11.9 Å². The highest BCUT2D eigenvalue weighted by molar-refractivity contribution is 5.67. The summed E-state index contributed by atoms with van der Waals surface area (Å²) in [6.45, 7) is 5.27. The van der Waals surface area contributed by atoms with Crippen LogP contribution in [-0.4, -0.2) is 36.9 Å². The van der Waals surface area contributed by atoms with Gasteiger partial charge in [-0.1, -0.05) is 0 Å². The second-order valence-corrected chi connectivity index (χ2v) is 4.53. The number of hydrogen-bond acceptors (Lipinski definition) is 5. The molecule has 17 heavy (non-hydrogen) atoms. The molecule has 0 bridgehead atoms. The van der Waals surface area contributed by atoms with E-state index < -0.39 is 11.7 Å². The van der Waals surface area contributed by atoms with Crippen molar-refractivity contribution in [2.24, 2.45) is 0 Å². The zero-order chi connectivity index (χ0) is 12.9. The van der Waals surface area contributed by atoms with E-state index in [-0.39, 0.29) is 18.5 Å². The maximum absolute atomic E-state index is 11.1. The van der Waals surface area contributed by atoms with Crippen LogP contribution in [-0.2, 0) is 23.8 Å². The van der Waals surface area contributed by atoms with E-state index in [2.05, 4.69) is 0 Å². The molecule has 1 heterocycles. The fourth-order valence-corrected chi connectivity index (χ4v) is 2.00. The lowest BCUT2D eigenvalue weighted by Crippen LogP contribution is -2.46. The lowest BCUT2D eigenvalue weighted by molar-refractivity contribution is -0.180. The molecule has 0 unspecified atom stereocenters. The molecule has 5 nitrogen and oxygen atoms in total. The number of ether oxygens (including phenoxy) is 3. The molecule has 1 aliphatic rings. The van der Waals surface area contributed by atoms with Gasteiger partial charge < -0.3 is 14.2 Å². The lowest BCUT2D eigenvalue weighted by atomic mass is 9.93. The molecule has 0 aromatic carbocycles. The van der Waals surface area contributed by atoms with Crippen molar-refractivity contribution < 1.29 is 23.8 Å². The van der Waals surface area contributed by atoms with Crippen LogP contribution in [0.5, 0.6) is 0 Å². The smallest absolute Gasteiger partial charge is 0.303 e. The van der Waals surface area contributed by atoms with Gasteiger partial charge in [0.05, 0.1) is 0 Å². The van der Waals surface area contributed by atoms with E-state index in [0.717, 1.165) is 19.3 Å². The van der Waals surface area contributed by atoms with Gasteiger partial charge in [-0.15, -0.1) is 0 Å². The van der Waals surface area contributed by atoms with E-state index in [1.807, 2.05) is 6.92 Å². The second-order valence-electron chi connectivity index (χ2n) is 4.53. The van der Waals surface area contributed by atoms with Gasteiger partial charge in [0.1, 0.15) is 18.3 Å². The van der Waals surface area contributed by atoms with Crippen LogP contribution < -0.4 is 0 Å². The molecule has 0 radical (unpaired) electrons. The number of carbonyl (C=O) groups excluding carboxylic acids is 2. The SMILES string of the molecule is CC(=O)OC[C@@H]1OCCCC[C@@]1(C)OC(C)=O. The molecule has 0 amide bonds. The third-order valence-electron chi connectivity index (χ3n) is 2.88. The monoisotopic (exact) mass is 244 g/mol. The Kier molecular flexibility index (Phi) is 4.93. The maximum atomic E-state index is 11.1. The van der Waals surface area contributed by atoms with Gasteiger partial charge in [0, 0.05) is 20.5 Å². The third-order valence-corrected chi connectivity index (χ3v) is 2.88. The molecule has 1 rings (SSSR count). The zero-order valence-corrected chi connectivity index (χ0v) is 10.7. The molecule has 0 N–H and O–H groups in total. The van der Waals surface area contributed by atoms with E-state index in [9.17, 15) is 9.59 Å². The molecular weight excluding hydrogens is 224 g/mol. The summed E-state index contributed by atoms with van der Waals surface area (Å²) in [6, 6.07) is 0. The van der Waals surface area contributed by atoms with Crippen LogP contribution in [0, 0.1) is 0 Å². The minimum atomic E-state index is -0.711. The van der Waals surface area contributed by atoms with Crippen LogP contribution in [0.15, 0.2) is 0 Å². The Bertz CT molecular complexity index is 289. The van der Waals surface area contributed by atoms with Crippen molar-refractivity contribution in [2.45, 2.75) is 51.7 Å². The van der Waals surface area contributed by atoms with Crippen molar-refractivity contribution in [2.75, 3.05) is 13.2 Å². The van der Waals surface area contributed by atoms with Gasteiger partial charge in [0.25, 0.3) is 0 Å². The first kappa shape index (κ1) is 14.0. The summed E-state index contributed by atoms with van der Waals surface area (Å²) < 4.78 is 15.9. The molecule has 2 atom stereocenters. The number of esters is 2. The summed E-state index contributed by atoms with van der Waals surface area (Å²) in [4.78, 5) is 21.9. The van der Waals surface area contributed by atoms with Gasteiger partial charge in [-0.05, 0) is 26.2 Å². The van der Waals surface area contributed by atoms with Crippen LogP contribution >= 0.6 is 0 Å². The first-order chi connectivity index (χ1) is 7.94. The first-order valence-corrected chi connectivity index (χ1v) is 5.88. The molecule has 0 aromatic heterocycles. The molecule has 0 aromatic rings. The average molecular weight is 244 g/mol. The molecule has 1 fully saturated rings. The van der Waals surface area contributed by atoms with Crippen LogP contribution in [0.2, 0.25) is 0 Å². The summed E-state index contributed by atoms with van der Waals surface area (Å²) in [5, 5.41) is 0. The van der Waals surface area contributed by atoms with Gasteiger partial charge in [-0.3, -0.25) is 9.59 Å². The highest BCUT2D eigenvalue weighted by Gasteiger charge is 2.40. The predicted molar refractivity (Wildman–Crippen MR) is 60.4 cm³/mol. The Morgan fingerprint density at radius 3 is 2.59 bits per heavy atom. The van der Waals surface area contributed by atoms with Gasteiger partial charge in [-0.25, -0.2) is 0 Å². The third kappa shape index (κ3) is 4.34. The maximum Gasteiger partial charge on any atom is 0.303 e. The van der Waals surface area contributed by atoms with E-state index in [4.69, 9.17) is 14.2 Å². The van der Waals surface area contributed by atoms with Crippen LogP contribution in [0.1, 0.15) is 40.0 Å². The average Bonchev–Trinajstić information content (AvgIpc) is 2.36. The predicted octanol–water partition coefficient (Wildman–Crippen LogP) is 1.44. The molecule has 0 spiro atoms. The summed E-state index contributed by atoms with van der Waals surface area (Å²) in [7, 11) is 0. The molecule has 1 aliphatic heterocycles. The van der Waals surface area contributed by atoms with Gasteiger partial charge in [-0.2, -0.15) is 0 Å². The molecule has 98 valence electrons. The molecule has 5 heteroatoms. The fraction of sp³-hybridized carbons (Fsp3) is 0.833. The Morgan fingerprint density at radius 1 is 1.29 bits per heavy atom. The van der Waals surface area contributed by atoms with Crippen molar-refractivity contribution >= 4 is 11.9 Å². The van der Waals surface area contributed by atoms with E-state index in [0.29, 0.717) is 6.61 Å². The summed E-state index contributed by atoms with van der Waals surface area (Å²) in [5.41, 5.74) is -0.711. The van der Waals surface area contributed by atoms with Crippen LogP contribution in [0.4, 0.5) is 0 Å². The largest absolute Gasteiger partial charge is 0.463 e. The Balaban J connectivity index is 2.70. The van der Waals surface area contributed by atoms with Crippen molar-refractivity contribution in [3.63, 3.8) is 0 Å². The summed E-state index contributed by atoms with van der Waals surface area (Å²) in [5.74, 6) is -0.700. The van der Waals surface area contributed by atoms with Crippen molar-refractivity contribution in [1.82, 2.24) is 0 Å². The zero-order valence-electron chi connectivity index (χ0n) is 10.7. The van der Waals surface area contributed by atoms with E-state index >= 15 is 0 Å². The summed E-state index contributed by atoms with van der Waals surface area (Å²) >= 11 is 0. The molecule has 0 saturated carbocycles. The summed E-state index contributed by atoms with van der Waals surface area (Å²) in [6.07, 6.45) is 2.18. The Labute approximate surface area is 101 Å². The second kappa shape index (κ2) is 6.00. The topological polar surface area (TPSA) is 61.8 Å². The molecule has 1 saturated heterocycles. The van der Waals surface area contributed by atoms with Crippen LogP contribution in [0.3, 0.4) is 0 Å².